The second-order valence-corrected chi connectivity index (χ2v) is 13.3. The van der Waals surface area contributed by atoms with Crippen LogP contribution in [0.25, 0.3) is 105 Å². The molecule has 11 aromatic rings. The Kier molecular flexibility index (Phi) is 6.22. The van der Waals surface area contributed by atoms with Crippen molar-refractivity contribution in [2.75, 3.05) is 0 Å². The summed E-state index contributed by atoms with van der Waals surface area (Å²) in [5.41, 5.74) is 9.70. The zero-order valence-corrected chi connectivity index (χ0v) is 28.0. The minimum Gasteiger partial charge on any atom is -0.455 e. The molecule has 0 radical (unpaired) electrons. The van der Waals surface area contributed by atoms with E-state index in [9.17, 15) is 0 Å². The molecule has 4 heteroatoms. The Morgan fingerprint density at radius 2 is 1.00 bits per heavy atom. The minimum atomic E-state index is 0.631. The molecule has 242 valence electrons. The summed E-state index contributed by atoms with van der Waals surface area (Å²) in [6.07, 6.45) is 0. The SMILES string of the molecule is c1ccc(-c2cc(-c3ccccc3)nc(-c3cccc4c3oc3c4ccc4c3c3ccccc3n4-c3cc4ccccc4c4ccccc34)n2)cc1. The Balaban J connectivity index is 1.20. The number of para-hydroxylation sites is 2. The molecule has 4 nitrogen and oxygen atoms in total. The van der Waals surface area contributed by atoms with Crippen LogP contribution in [0.2, 0.25) is 0 Å². The van der Waals surface area contributed by atoms with Gasteiger partial charge in [0, 0.05) is 32.7 Å². The number of hydrogen-bond donors (Lipinski definition) is 0. The average Bonchev–Trinajstić information content (AvgIpc) is 3.77. The summed E-state index contributed by atoms with van der Waals surface area (Å²) < 4.78 is 9.47. The van der Waals surface area contributed by atoms with Crippen LogP contribution in [0.15, 0.2) is 180 Å². The highest BCUT2D eigenvalue weighted by Crippen LogP contribution is 2.44. The van der Waals surface area contributed by atoms with Crippen LogP contribution in [0.3, 0.4) is 0 Å². The lowest BCUT2D eigenvalue weighted by molar-refractivity contribution is 0.673. The van der Waals surface area contributed by atoms with Gasteiger partial charge >= 0.3 is 0 Å². The van der Waals surface area contributed by atoms with Crippen molar-refractivity contribution in [3.63, 3.8) is 0 Å². The Bertz CT molecular complexity index is 3120. The van der Waals surface area contributed by atoms with Gasteiger partial charge in [0.05, 0.1) is 39.1 Å². The van der Waals surface area contributed by atoms with Gasteiger partial charge in [0.15, 0.2) is 5.82 Å². The molecule has 11 rings (SSSR count). The summed E-state index contributed by atoms with van der Waals surface area (Å²) >= 11 is 0. The zero-order valence-electron chi connectivity index (χ0n) is 28.0. The predicted molar refractivity (Wildman–Crippen MR) is 215 cm³/mol. The average molecular weight is 664 g/mol. The molecule has 0 saturated carbocycles. The molecule has 0 bridgehead atoms. The molecular formula is C48H29N3O. The number of furan rings is 1. The van der Waals surface area contributed by atoms with E-state index in [2.05, 4.69) is 144 Å². The molecule has 0 amide bonds. The summed E-state index contributed by atoms with van der Waals surface area (Å²) in [5, 5.41) is 9.26. The van der Waals surface area contributed by atoms with E-state index in [1.165, 1.54) is 21.5 Å². The normalized spacial score (nSPS) is 11.8. The summed E-state index contributed by atoms with van der Waals surface area (Å²) in [4.78, 5) is 10.3. The Morgan fingerprint density at radius 3 is 1.75 bits per heavy atom. The molecule has 3 heterocycles. The van der Waals surface area contributed by atoms with Crippen molar-refractivity contribution in [1.82, 2.24) is 14.5 Å². The highest BCUT2D eigenvalue weighted by molar-refractivity contribution is 6.25. The topological polar surface area (TPSA) is 43.9 Å². The molecule has 0 aliphatic carbocycles. The first kappa shape index (κ1) is 28.8. The molecule has 3 aromatic heterocycles. The molecule has 0 aliphatic rings. The van der Waals surface area contributed by atoms with Gasteiger partial charge < -0.3 is 8.98 Å². The van der Waals surface area contributed by atoms with E-state index in [1.54, 1.807) is 0 Å². The van der Waals surface area contributed by atoms with Gasteiger partial charge in [0.25, 0.3) is 0 Å². The van der Waals surface area contributed by atoms with E-state index in [4.69, 9.17) is 14.4 Å². The lowest BCUT2D eigenvalue weighted by Gasteiger charge is -2.14. The van der Waals surface area contributed by atoms with Crippen molar-refractivity contribution in [3.8, 4) is 39.6 Å². The van der Waals surface area contributed by atoms with E-state index >= 15 is 0 Å². The van der Waals surface area contributed by atoms with Gasteiger partial charge in [0.1, 0.15) is 11.2 Å². The van der Waals surface area contributed by atoms with E-state index in [1.807, 2.05) is 36.4 Å². The fourth-order valence-electron chi connectivity index (χ4n) is 8.04. The van der Waals surface area contributed by atoms with Crippen molar-refractivity contribution in [2.45, 2.75) is 0 Å². The van der Waals surface area contributed by atoms with Gasteiger partial charge in [-0.2, -0.15) is 0 Å². The minimum absolute atomic E-state index is 0.631. The van der Waals surface area contributed by atoms with Gasteiger partial charge in [-0.3, -0.25) is 0 Å². The number of rotatable bonds is 4. The van der Waals surface area contributed by atoms with Crippen LogP contribution in [-0.2, 0) is 0 Å². The summed E-state index contributed by atoms with van der Waals surface area (Å²) in [6.45, 7) is 0. The summed E-state index contributed by atoms with van der Waals surface area (Å²) in [7, 11) is 0. The third-order valence-electron chi connectivity index (χ3n) is 10.4. The van der Waals surface area contributed by atoms with E-state index in [-0.39, 0.29) is 0 Å². The largest absolute Gasteiger partial charge is 0.455 e. The molecule has 0 unspecified atom stereocenters. The van der Waals surface area contributed by atoms with Crippen LogP contribution >= 0.6 is 0 Å². The number of nitrogens with zero attached hydrogens (tertiary/aromatic N) is 3. The molecule has 0 aliphatic heterocycles. The maximum Gasteiger partial charge on any atom is 0.164 e. The van der Waals surface area contributed by atoms with Crippen LogP contribution < -0.4 is 0 Å². The number of aromatic nitrogens is 3. The number of hydrogen-bond acceptors (Lipinski definition) is 3. The quantitative estimate of drug-likeness (QED) is 0.176. The summed E-state index contributed by atoms with van der Waals surface area (Å²) in [5.74, 6) is 0.631. The summed E-state index contributed by atoms with van der Waals surface area (Å²) in [6, 6.07) is 61.8. The number of benzene rings is 8. The molecule has 0 saturated heterocycles. The number of fused-ring (bicyclic) bond motifs is 10. The third kappa shape index (κ3) is 4.28. The van der Waals surface area contributed by atoms with Gasteiger partial charge in [0.2, 0.25) is 0 Å². The second kappa shape index (κ2) is 11.2. The van der Waals surface area contributed by atoms with Crippen LogP contribution in [-0.4, -0.2) is 14.5 Å². The third-order valence-corrected chi connectivity index (χ3v) is 10.4. The smallest absolute Gasteiger partial charge is 0.164 e. The van der Waals surface area contributed by atoms with Crippen LogP contribution in [0, 0.1) is 0 Å². The van der Waals surface area contributed by atoms with Crippen molar-refractivity contribution >= 4 is 65.3 Å². The maximum absolute atomic E-state index is 7.06. The maximum atomic E-state index is 7.06. The Hall–Kier alpha value is -7.04. The van der Waals surface area contributed by atoms with E-state index in [0.717, 1.165) is 77.5 Å². The molecule has 0 N–H and O–H groups in total. The van der Waals surface area contributed by atoms with Gasteiger partial charge in [-0.1, -0.05) is 140 Å². The second-order valence-electron chi connectivity index (χ2n) is 13.3. The van der Waals surface area contributed by atoms with Crippen molar-refractivity contribution < 1.29 is 4.42 Å². The van der Waals surface area contributed by atoms with Crippen molar-refractivity contribution in [3.05, 3.63) is 176 Å². The highest BCUT2D eigenvalue weighted by atomic mass is 16.3. The standard InChI is InChI=1S/C48H29N3O/c1-3-14-30(15-4-1)40-29-41(31-16-5-2-6-17-31)50-48(49-40)39-24-13-23-36-37-26-27-43-45(47(37)52-46(36)39)38-22-11-12-25-42(38)51(43)44-28-32-18-7-8-19-33(32)34-20-9-10-21-35(34)44/h1-29H. The Morgan fingerprint density at radius 1 is 0.404 bits per heavy atom. The van der Waals surface area contributed by atoms with Crippen molar-refractivity contribution in [1.29, 1.82) is 0 Å². The predicted octanol–water partition coefficient (Wildman–Crippen LogP) is 12.8. The Labute approximate surface area is 298 Å². The first-order valence-electron chi connectivity index (χ1n) is 17.6. The zero-order chi connectivity index (χ0) is 34.2. The van der Waals surface area contributed by atoms with E-state index < -0.39 is 0 Å². The molecule has 52 heavy (non-hydrogen) atoms. The van der Waals surface area contributed by atoms with Crippen molar-refractivity contribution in [2.24, 2.45) is 0 Å². The molecule has 8 aromatic carbocycles. The van der Waals surface area contributed by atoms with Crippen LogP contribution in [0.1, 0.15) is 0 Å². The first-order chi connectivity index (χ1) is 25.8. The molecule has 0 spiro atoms. The molecule has 0 fully saturated rings. The van der Waals surface area contributed by atoms with Gasteiger partial charge in [-0.05, 0) is 52.6 Å². The fraction of sp³-hybridized carbons (Fsp3) is 0. The molecule has 0 atom stereocenters. The fourth-order valence-corrected chi connectivity index (χ4v) is 8.04. The monoisotopic (exact) mass is 663 g/mol. The van der Waals surface area contributed by atoms with Crippen LogP contribution in [0.5, 0.6) is 0 Å². The van der Waals surface area contributed by atoms with Crippen LogP contribution in [0.4, 0.5) is 0 Å². The van der Waals surface area contributed by atoms with Gasteiger partial charge in [-0.25, -0.2) is 9.97 Å². The first-order valence-corrected chi connectivity index (χ1v) is 17.6. The lowest BCUT2D eigenvalue weighted by atomic mass is 10.00. The lowest BCUT2D eigenvalue weighted by Crippen LogP contribution is -1.96. The molecular weight excluding hydrogens is 635 g/mol. The highest BCUT2D eigenvalue weighted by Gasteiger charge is 2.22. The van der Waals surface area contributed by atoms with E-state index in [0.29, 0.717) is 5.82 Å². The van der Waals surface area contributed by atoms with Gasteiger partial charge in [-0.15, -0.1) is 0 Å².